The Morgan fingerprint density at radius 3 is 2.33 bits per heavy atom. The molecule has 18 heavy (non-hydrogen) atoms. The molecule has 2 fully saturated rings. The van der Waals surface area contributed by atoms with Crippen molar-refractivity contribution in [3.63, 3.8) is 0 Å². The Bertz CT molecular complexity index is 501. The van der Waals surface area contributed by atoms with E-state index in [1.54, 1.807) is 0 Å². The lowest BCUT2D eigenvalue weighted by Crippen LogP contribution is -2.22. The second kappa shape index (κ2) is 4.22. The molecule has 2 bridgehead atoms. The molecule has 0 N–H and O–H groups in total. The fourth-order valence-corrected chi connectivity index (χ4v) is 3.99. The second-order valence-corrected chi connectivity index (χ2v) is 6.40. The van der Waals surface area contributed by atoms with Crippen LogP contribution in [0.3, 0.4) is 0 Å². The highest BCUT2D eigenvalue weighted by molar-refractivity contribution is 5.99. The first-order valence-electron chi connectivity index (χ1n) is 7.18. The first-order chi connectivity index (χ1) is 8.56. The molecule has 3 atom stereocenters. The van der Waals surface area contributed by atoms with Gasteiger partial charge in [0.1, 0.15) is 0 Å². The zero-order valence-corrected chi connectivity index (χ0v) is 11.6. The van der Waals surface area contributed by atoms with E-state index in [0.29, 0.717) is 17.6 Å². The molecule has 2 saturated carbocycles. The topological polar surface area (TPSA) is 17.1 Å². The van der Waals surface area contributed by atoms with E-state index in [0.717, 1.165) is 23.5 Å². The van der Waals surface area contributed by atoms with Gasteiger partial charge < -0.3 is 0 Å². The maximum atomic E-state index is 12.7. The molecule has 0 heterocycles. The molecule has 0 aromatic heterocycles. The van der Waals surface area contributed by atoms with E-state index in [1.165, 1.54) is 30.4 Å². The summed E-state index contributed by atoms with van der Waals surface area (Å²) in [5, 5.41) is 0. The number of hydrogen-bond acceptors (Lipinski definition) is 1. The minimum absolute atomic E-state index is 0.324. The number of ketones is 1. The van der Waals surface area contributed by atoms with Crippen LogP contribution in [0.5, 0.6) is 0 Å². The summed E-state index contributed by atoms with van der Waals surface area (Å²) in [5.74, 6) is 2.27. The number of carbonyl (C=O) groups excluding carboxylic acids is 1. The van der Waals surface area contributed by atoms with Crippen LogP contribution in [0.4, 0.5) is 0 Å². The minimum Gasteiger partial charge on any atom is -0.294 e. The van der Waals surface area contributed by atoms with Gasteiger partial charge in [-0.2, -0.15) is 0 Å². The molecular formula is C17H22O. The van der Waals surface area contributed by atoms with Crippen LogP contribution in [0.15, 0.2) is 12.1 Å². The van der Waals surface area contributed by atoms with E-state index in [-0.39, 0.29) is 0 Å². The van der Waals surface area contributed by atoms with Crippen LogP contribution in [0, 0.1) is 38.5 Å². The molecule has 2 aliphatic carbocycles. The van der Waals surface area contributed by atoms with Gasteiger partial charge in [-0.05, 0) is 74.6 Å². The summed E-state index contributed by atoms with van der Waals surface area (Å²) in [6.45, 7) is 6.30. The summed E-state index contributed by atoms with van der Waals surface area (Å²) in [4.78, 5) is 12.7. The third-order valence-electron chi connectivity index (χ3n) is 5.18. The minimum atomic E-state index is 0.324. The van der Waals surface area contributed by atoms with Gasteiger partial charge in [0.05, 0.1) is 0 Å². The standard InChI is InChI=1S/C17H22O/c1-10-6-12(3)15(7-11(10)2)17(18)16-9-13-4-5-14(16)8-13/h6-7,13-14,16H,4-5,8-9H2,1-3H3. The fourth-order valence-electron chi connectivity index (χ4n) is 3.99. The number of rotatable bonds is 2. The Hall–Kier alpha value is -1.11. The molecule has 3 unspecified atom stereocenters. The fraction of sp³-hybridized carbons (Fsp3) is 0.588. The lowest BCUT2D eigenvalue weighted by Gasteiger charge is -2.21. The molecule has 0 aliphatic heterocycles. The molecule has 3 rings (SSSR count). The van der Waals surface area contributed by atoms with Crippen molar-refractivity contribution in [2.75, 3.05) is 0 Å². The highest BCUT2D eigenvalue weighted by atomic mass is 16.1. The van der Waals surface area contributed by atoms with Crippen molar-refractivity contribution in [1.29, 1.82) is 0 Å². The van der Waals surface area contributed by atoms with E-state index in [2.05, 4.69) is 32.9 Å². The van der Waals surface area contributed by atoms with Gasteiger partial charge in [0.15, 0.2) is 5.78 Å². The van der Waals surface area contributed by atoms with E-state index >= 15 is 0 Å². The predicted octanol–water partition coefficient (Wildman–Crippen LogP) is 4.23. The molecule has 0 amide bonds. The predicted molar refractivity (Wildman–Crippen MR) is 73.9 cm³/mol. The van der Waals surface area contributed by atoms with Crippen molar-refractivity contribution in [1.82, 2.24) is 0 Å². The normalized spacial score (nSPS) is 29.8. The third-order valence-corrected chi connectivity index (χ3v) is 5.18. The largest absolute Gasteiger partial charge is 0.294 e. The maximum absolute atomic E-state index is 12.7. The van der Waals surface area contributed by atoms with Gasteiger partial charge in [-0.1, -0.05) is 12.5 Å². The number of hydrogen-bond donors (Lipinski definition) is 0. The van der Waals surface area contributed by atoms with Crippen molar-refractivity contribution < 1.29 is 4.79 Å². The van der Waals surface area contributed by atoms with Crippen LogP contribution in [0.25, 0.3) is 0 Å². The molecular weight excluding hydrogens is 220 g/mol. The van der Waals surface area contributed by atoms with Gasteiger partial charge >= 0.3 is 0 Å². The van der Waals surface area contributed by atoms with Crippen molar-refractivity contribution in [3.05, 3.63) is 34.4 Å². The van der Waals surface area contributed by atoms with Crippen LogP contribution < -0.4 is 0 Å². The Labute approximate surface area is 110 Å². The molecule has 1 heteroatoms. The zero-order chi connectivity index (χ0) is 12.9. The molecule has 1 aromatic carbocycles. The van der Waals surface area contributed by atoms with Crippen LogP contribution in [-0.4, -0.2) is 5.78 Å². The average Bonchev–Trinajstić information content (AvgIpc) is 2.95. The number of Topliss-reactive ketones (excluding diaryl/α,β-unsaturated/α-hetero) is 1. The number of aryl methyl sites for hydroxylation is 3. The summed E-state index contributed by atoms with van der Waals surface area (Å²) in [6.07, 6.45) is 5.10. The SMILES string of the molecule is Cc1cc(C)c(C(=O)C2CC3CCC2C3)cc1C. The lowest BCUT2D eigenvalue weighted by atomic mass is 9.81. The van der Waals surface area contributed by atoms with Gasteiger partial charge in [0.2, 0.25) is 0 Å². The maximum Gasteiger partial charge on any atom is 0.166 e. The van der Waals surface area contributed by atoms with Crippen LogP contribution in [-0.2, 0) is 0 Å². The third kappa shape index (κ3) is 1.81. The van der Waals surface area contributed by atoms with Crippen molar-refractivity contribution in [2.45, 2.75) is 46.5 Å². The highest BCUT2D eigenvalue weighted by Gasteiger charge is 2.43. The van der Waals surface area contributed by atoms with Gasteiger partial charge in [0.25, 0.3) is 0 Å². The van der Waals surface area contributed by atoms with E-state index < -0.39 is 0 Å². The van der Waals surface area contributed by atoms with Crippen LogP contribution in [0.1, 0.15) is 52.7 Å². The smallest absolute Gasteiger partial charge is 0.166 e. The quantitative estimate of drug-likeness (QED) is 0.709. The van der Waals surface area contributed by atoms with Crippen molar-refractivity contribution in [2.24, 2.45) is 17.8 Å². The molecule has 0 saturated heterocycles. The molecule has 0 radical (unpaired) electrons. The Kier molecular flexibility index (Phi) is 2.80. The van der Waals surface area contributed by atoms with Gasteiger partial charge in [0, 0.05) is 11.5 Å². The van der Waals surface area contributed by atoms with Gasteiger partial charge in [-0.25, -0.2) is 0 Å². The molecule has 1 nitrogen and oxygen atoms in total. The zero-order valence-electron chi connectivity index (χ0n) is 11.6. The first-order valence-corrected chi connectivity index (χ1v) is 7.18. The first kappa shape index (κ1) is 12.0. The molecule has 1 aromatic rings. The second-order valence-electron chi connectivity index (χ2n) is 6.40. The van der Waals surface area contributed by atoms with E-state index in [1.807, 2.05) is 0 Å². The van der Waals surface area contributed by atoms with Crippen molar-refractivity contribution in [3.8, 4) is 0 Å². The lowest BCUT2D eigenvalue weighted by molar-refractivity contribution is 0.0874. The summed E-state index contributed by atoms with van der Waals surface area (Å²) < 4.78 is 0. The Morgan fingerprint density at radius 2 is 1.72 bits per heavy atom. The molecule has 0 spiro atoms. The Balaban J connectivity index is 1.91. The summed E-state index contributed by atoms with van der Waals surface area (Å²) >= 11 is 0. The molecule has 2 aliphatic rings. The number of fused-ring (bicyclic) bond motifs is 2. The van der Waals surface area contributed by atoms with Crippen LogP contribution >= 0.6 is 0 Å². The van der Waals surface area contributed by atoms with Gasteiger partial charge in [-0.15, -0.1) is 0 Å². The van der Waals surface area contributed by atoms with E-state index in [9.17, 15) is 4.79 Å². The summed E-state index contributed by atoms with van der Waals surface area (Å²) in [6, 6.07) is 4.27. The summed E-state index contributed by atoms with van der Waals surface area (Å²) in [7, 11) is 0. The van der Waals surface area contributed by atoms with Crippen LogP contribution in [0.2, 0.25) is 0 Å². The van der Waals surface area contributed by atoms with Gasteiger partial charge in [-0.3, -0.25) is 4.79 Å². The van der Waals surface area contributed by atoms with Crippen molar-refractivity contribution >= 4 is 5.78 Å². The Morgan fingerprint density at radius 1 is 1.00 bits per heavy atom. The number of carbonyl (C=O) groups is 1. The van der Waals surface area contributed by atoms with E-state index in [4.69, 9.17) is 0 Å². The highest BCUT2D eigenvalue weighted by Crippen LogP contribution is 2.49. The molecule has 96 valence electrons. The average molecular weight is 242 g/mol. The summed E-state index contributed by atoms with van der Waals surface area (Å²) in [5.41, 5.74) is 4.67. The monoisotopic (exact) mass is 242 g/mol. The number of benzene rings is 1.